The fraction of sp³-hybridized carbons (Fsp3) is 0.0500. The fourth-order valence-corrected chi connectivity index (χ4v) is 2.59. The molecular weight excluding hydrogens is 316 g/mol. The molecule has 1 atom stereocenters. The van der Waals surface area contributed by atoms with Crippen molar-refractivity contribution in [3.05, 3.63) is 106 Å². The van der Waals surface area contributed by atoms with E-state index in [1.165, 1.54) is 12.1 Å². The Hall–Kier alpha value is -3.65. The molecule has 0 spiro atoms. The van der Waals surface area contributed by atoms with E-state index in [1.807, 2.05) is 36.4 Å². The van der Waals surface area contributed by atoms with Gasteiger partial charge in [-0.2, -0.15) is 5.26 Å². The maximum Gasteiger partial charge on any atom is 0.269 e. The Kier molecular flexibility index (Phi) is 4.44. The van der Waals surface area contributed by atoms with Crippen molar-refractivity contribution >= 4 is 5.69 Å². The molecule has 3 aromatic carbocycles. The molecule has 0 aliphatic heterocycles. The van der Waals surface area contributed by atoms with Gasteiger partial charge in [-0.05, 0) is 24.3 Å². The van der Waals surface area contributed by atoms with Crippen molar-refractivity contribution in [2.75, 3.05) is 0 Å². The summed E-state index contributed by atoms with van der Waals surface area (Å²) >= 11 is 0. The number of rotatable bonds is 5. The molecule has 0 saturated carbocycles. The highest BCUT2D eigenvalue weighted by Gasteiger charge is 2.37. The van der Waals surface area contributed by atoms with Crippen LogP contribution in [0.5, 0.6) is 5.75 Å². The summed E-state index contributed by atoms with van der Waals surface area (Å²) in [6.45, 7) is 0. The van der Waals surface area contributed by atoms with Crippen LogP contribution in [0.15, 0.2) is 84.9 Å². The van der Waals surface area contributed by atoms with Crippen LogP contribution in [0.4, 0.5) is 5.69 Å². The van der Waals surface area contributed by atoms with Gasteiger partial charge in [0.2, 0.25) is 5.60 Å². The maximum absolute atomic E-state index is 10.9. The molecule has 122 valence electrons. The number of hydrogen-bond acceptors (Lipinski definition) is 4. The summed E-state index contributed by atoms with van der Waals surface area (Å²) in [7, 11) is 0. The number of nitrogens with zero attached hydrogens (tertiary/aromatic N) is 2. The SMILES string of the molecule is N#CC(Oc1ccccc1)(c1ccccc1)c1ccc([N+](=O)[O-])cc1. The molecule has 0 aliphatic rings. The molecule has 0 amide bonds. The van der Waals surface area contributed by atoms with Crippen LogP contribution in [0.25, 0.3) is 0 Å². The van der Waals surface area contributed by atoms with Crippen LogP contribution in [-0.4, -0.2) is 4.92 Å². The summed E-state index contributed by atoms with van der Waals surface area (Å²) < 4.78 is 6.09. The first-order valence-corrected chi connectivity index (χ1v) is 7.61. The second-order valence-electron chi connectivity index (χ2n) is 5.38. The predicted molar refractivity (Wildman–Crippen MR) is 93.0 cm³/mol. The quantitative estimate of drug-likeness (QED) is 0.512. The minimum atomic E-state index is -1.41. The zero-order valence-corrected chi connectivity index (χ0v) is 13.2. The zero-order chi connectivity index (χ0) is 17.7. The standard InChI is InChI=1S/C20H14N2O3/c21-15-20(16-7-3-1-4-8-16,25-19-9-5-2-6-10-19)17-11-13-18(14-12-17)22(23)24/h1-14H. The normalized spacial score (nSPS) is 12.6. The minimum Gasteiger partial charge on any atom is -0.464 e. The van der Waals surface area contributed by atoms with Crippen LogP contribution in [0.3, 0.4) is 0 Å². The van der Waals surface area contributed by atoms with E-state index < -0.39 is 10.5 Å². The van der Waals surface area contributed by atoms with E-state index in [4.69, 9.17) is 4.74 Å². The summed E-state index contributed by atoms with van der Waals surface area (Å²) in [5.41, 5.74) is -0.271. The van der Waals surface area contributed by atoms with E-state index in [9.17, 15) is 15.4 Å². The average Bonchev–Trinajstić information content (AvgIpc) is 2.68. The Morgan fingerprint density at radius 1 is 0.840 bits per heavy atom. The number of hydrogen-bond donors (Lipinski definition) is 0. The Balaban J connectivity index is 2.14. The number of ether oxygens (including phenoxy) is 1. The lowest BCUT2D eigenvalue weighted by atomic mass is 9.87. The number of nitro groups is 1. The van der Waals surface area contributed by atoms with E-state index in [0.717, 1.165) is 0 Å². The van der Waals surface area contributed by atoms with Gasteiger partial charge in [0.25, 0.3) is 5.69 Å². The molecule has 25 heavy (non-hydrogen) atoms. The highest BCUT2D eigenvalue weighted by atomic mass is 16.6. The van der Waals surface area contributed by atoms with E-state index in [1.54, 1.807) is 36.4 Å². The third-order valence-electron chi connectivity index (χ3n) is 3.84. The topological polar surface area (TPSA) is 76.2 Å². The Labute approximate surface area is 144 Å². The van der Waals surface area contributed by atoms with Gasteiger partial charge < -0.3 is 4.74 Å². The summed E-state index contributed by atoms with van der Waals surface area (Å²) in [6.07, 6.45) is 0. The smallest absolute Gasteiger partial charge is 0.269 e. The third-order valence-corrected chi connectivity index (χ3v) is 3.84. The number of para-hydroxylation sites is 1. The molecular formula is C20H14N2O3. The van der Waals surface area contributed by atoms with Gasteiger partial charge in [0, 0.05) is 23.3 Å². The molecule has 5 nitrogen and oxygen atoms in total. The van der Waals surface area contributed by atoms with Gasteiger partial charge in [-0.3, -0.25) is 10.1 Å². The van der Waals surface area contributed by atoms with Crippen molar-refractivity contribution in [3.63, 3.8) is 0 Å². The van der Waals surface area contributed by atoms with Crippen LogP contribution in [0.1, 0.15) is 11.1 Å². The van der Waals surface area contributed by atoms with Crippen LogP contribution in [0.2, 0.25) is 0 Å². The molecule has 0 saturated heterocycles. The van der Waals surface area contributed by atoms with Crippen molar-refractivity contribution in [3.8, 4) is 11.8 Å². The fourth-order valence-electron chi connectivity index (χ4n) is 2.59. The van der Waals surface area contributed by atoms with Crippen LogP contribution >= 0.6 is 0 Å². The Morgan fingerprint density at radius 3 is 1.88 bits per heavy atom. The molecule has 1 unspecified atom stereocenters. The van der Waals surface area contributed by atoms with Crippen molar-refractivity contribution in [1.82, 2.24) is 0 Å². The Bertz CT molecular complexity index is 903. The van der Waals surface area contributed by atoms with Gasteiger partial charge in [-0.15, -0.1) is 0 Å². The van der Waals surface area contributed by atoms with Crippen molar-refractivity contribution in [2.45, 2.75) is 5.60 Å². The summed E-state index contributed by atoms with van der Waals surface area (Å²) in [4.78, 5) is 10.4. The molecule has 3 aromatic rings. The lowest BCUT2D eigenvalue weighted by Crippen LogP contribution is -2.33. The minimum absolute atomic E-state index is 0.0386. The molecule has 0 fully saturated rings. The average molecular weight is 330 g/mol. The maximum atomic E-state index is 10.9. The molecule has 0 heterocycles. The van der Waals surface area contributed by atoms with Gasteiger partial charge in [0.1, 0.15) is 11.8 Å². The monoisotopic (exact) mass is 330 g/mol. The molecule has 0 N–H and O–H groups in total. The lowest BCUT2D eigenvalue weighted by molar-refractivity contribution is -0.384. The Morgan fingerprint density at radius 2 is 1.36 bits per heavy atom. The molecule has 0 aromatic heterocycles. The summed E-state index contributed by atoms with van der Waals surface area (Å²) in [5, 5.41) is 20.9. The number of nitriles is 1. The van der Waals surface area contributed by atoms with Gasteiger partial charge in [0.05, 0.1) is 4.92 Å². The third kappa shape index (κ3) is 3.19. The highest BCUT2D eigenvalue weighted by molar-refractivity contribution is 5.47. The van der Waals surface area contributed by atoms with E-state index in [0.29, 0.717) is 16.9 Å². The number of nitro benzene ring substituents is 1. The molecule has 5 heteroatoms. The van der Waals surface area contributed by atoms with Crippen LogP contribution < -0.4 is 4.74 Å². The lowest BCUT2D eigenvalue weighted by Gasteiger charge is -2.28. The first-order valence-electron chi connectivity index (χ1n) is 7.61. The van der Waals surface area contributed by atoms with Crippen molar-refractivity contribution < 1.29 is 9.66 Å². The van der Waals surface area contributed by atoms with Gasteiger partial charge >= 0.3 is 0 Å². The van der Waals surface area contributed by atoms with E-state index >= 15 is 0 Å². The highest BCUT2D eigenvalue weighted by Crippen LogP contribution is 2.35. The number of benzene rings is 3. The van der Waals surface area contributed by atoms with E-state index in [2.05, 4.69) is 6.07 Å². The molecule has 0 bridgehead atoms. The van der Waals surface area contributed by atoms with Crippen LogP contribution in [0, 0.1) is 21.4 Å². The summed E-state index contributed by atoms with van der Waals surface area (Å²) in [5.74, 6) is 0.534. The van der Waals surface area contributed by atoms with E-state index in [-0.39, 0.29) is 5.69 Å². The predicted octanol–water partition coefficient (Wildman–Crippen LogP) is 4.44. The molecule has 3 rings (SSSR count). The van der Waals surface area contributed by atoms with Gasteiger partial charge in [-0.1, -0.05) is 48.5 Å². The van der Waals surface area contributed by atoms with Crippen molar-refractivity contribution in [1.29, 1.82) is 5.26 Å². The second-order valence-corrected chi connectivity index (χ2v) is 5.38. The first-order chi connectivity index (χ1) is 12.2. The van der Waals surface area contributed by atoms with Crippen molar-refractivity contribution in [2.24, 2.45) is 0 Å². The first kappa shape index (κ1) is 16.2. The second kappa shape index (κ2) is 6.85. The van der Waals surface area contributed by atoms with Gasteiger partial charge in [0.15, 0.2) is 0 Å². The number of non-ortho nitro benzene ring substituents is 1. The largest absolute Gasteiger partial charge is 0.464 e. The molecule has 0 radical (unpaired) electrons. The zero-order valence-electron chi connectivity index (χ0n) is 13.2. The van der Waals surface area contributed by atoms with Gasteiger partial charge in [-0.25, -0.2) is 0 Å². The van der Waals surface area contributed by atoms with Crippen LogP contribution in [-0.2, 0) is 5.60 Å². The molecule has 0 aliphatic carbocycles. The summed E-state index contributed by atoms with van der Waals surface area (Å²) in [6, 6.07) is 26.2.